The molecule has 3 N–H and O–H groups in total. The summed E-state index contributed by atoms with van der Waals surface area (Å²) < 4.78 is 0. The number of unbranched alkanes of at least 4 members (excludes halogenated alkanes) is 13. The quantitative estimate of drug-likeness (QED) is 0.0537. The zero-order chi connectivity index (χ0) is 26.9. The third-order valence-electron chi connectivity index (χ3n) is 6.42. The molecule has 0 aliphatic carbocycles. The van der Waals surface area contributed by atoms with Crippen LogP contribution < -0.4 is 10.6 Å². The highest BCUT2D eigenvalue weighted by molar-refractivity contribution is 5.83. The van der Waals surface area contributed by atoms with Crippen molar-refractivity contribution in [2.24, 2.45) is 5.11 Å². The second kappa shape index (κ2) is 24.4. The summed E-state index contributed by atoms with van der Waals surface area (Å²) in [6.45, 7) is 4.42. The summed E-state index contributed by atoms with van der Waals surface area (Å²) in [6.07, 6.45) is 19.0. The van der Waals surface area contributed by atoms with Crippen LogP contribution in [0.15, 0.2) is 5.11 Å². The Kier molecular flexibility index (Phi) is 22.9. The second-order valence-electron chi connectivity index (χ2n) is 9.91. The van der Waals surface area contributed by atoms with E-state index < -0.39 is 12.0 Å². The average molecular weight is 510 g/mol. The number of carboxylic acid groups (broad SMARTS) is 1. The number of hydrogen-bond donors (Lipinski definition) is 3. The lowest BCUT2D eigenvalue weighted by Gasteiger charge is -2.16. The van der Waals surface area contributed by atoms with Crippen LogP contribution in [-0.2, 0) is 14.4 Å². The number of rotatable bonds is 25. The van der Waals surface area contributed by atoms with Crippen molar-refractivity contribution in [2.45, 2.75) is 148 Å². The smallest absolute Gasteiger partial charge is 0.326 e. The molecule has 0 rings (SSSR count). The van der Waals surface area contributed by atoms with E-state index in [4.69, 9.17) is 5.53 Å². The van der Waals surface area contributed by atoms with Crippen LogP contribution in [0.1, 0.15) is 136 Å². The van der Waals surface area contributed by atoms with Crippen LogP contribution in [0.5, 0.6) is 0 Å². The van der Waals surface area contributed by atoms with E-state index in [-0.39, 0.29) is 30.7 Å². The minimum Gasteiger partial charge on any atom is -0.480 e. The predicted octanol–water partition coefficient (Wildman–Crippen LogP) is 6.80. The third-order valence-corrected chi connectivity index (χ3v) is 6.42. The third kappa shape index (κ3) is 22.2. The molecule has 0 fully saturated rings. The standard InChI is InChI=1S/C27H51N5O4/c1-3-4-5-6-7-8-9-10-11-12-13-14-15-19-25(33)30-23(2)20-21-26(34)31-24(27(35)36)18-16-17-22-29-32-28/h23-24H,3-22H2,1-2H3,(H,30,33)(H,31,34)(H,35,36)/t23-,24?/m1/s1. The molecule has 0 aromatic rings. The molecule has 2 atom stereocenters. The first-order valence-corrected chi connectivity index (χ1v) is 14.2. The SMILES string of the molecule is CCCCCCCCCCCCCCCC(=O)N[C@H](C)CCC(=O)NC(CCCCN=[N+]=[N-])C(=O)O. The Balaban J connectivity index is 3.76. The van der Waals surface area contributed by atoms with Crippen molar-refractivity contribution in [1.82, 2.24) is 10.6 Å². The van der Waals surface area contributed by atoms with Crippen LogP contribution in [0.25, 0.3) is 10.4 Å². The highest BCUT2D eigenvalue weighted by Crippen LogP contribution is 2.13. The van der Waals surface area contributed by atoms with E-state index in [2.05, 4.69) is 27.6 Å². The van der Waals surface area contributed by atoms with Gasteiger partial charge in [-0.3, -0.25) is 9.59 Å². The molecule has 0 aromatic carbocycles. The topological polar surface area (TPSA) is 144 Å². The van der Waals surface area contributed by atoms with Crippen LogP contribution in [0.2, 0.25) is 0 Å². The first kappa shape index (κ1) is 33.7. The van der Waals surface area contributed by atoms with Crippen molar-refractivity contribution in [3.8, 4) is 0 Å². The fraction of sp³-hybridized carbons (Fsp3) is 0.889. The van der Waals surface area contributed by atoms with Crippen molar-refractivity contribution < 1.29 is 19.5 Å². The largest absolute Gasteiger partial charge is 0.480 e. The highest BCUT2D eigenvalue weighted by Gasteiger charge is 2.19. The number of carbonyl (C=O) groups excluding carboxylic acids is 2. The molecule has 0 aliphatic rings. The summed E-state index contributed by atoms with van der Waals surface area (Å²) in [4.78, 5) is 38.3. The fourth-order valence-corrected chi connectivity index (χ4v) is 4.17. The molecule has 36 heavy (non-hydrogen) atoms. The Morgan fingerprint density at radius 3 is 1.81 bits per heavy atom. The molecule has 0 saturated heterocycles. The lowest BCUT2D eigenvalue weighted by Crippen LogP contribution is -2.41. The molecule has 0 spiro atoms. The van der Waals surface area contributed by atoms with Gasteiger partial charge in [0.2, 0.25) is 11.8 Å². The Hall–Kier alpha value is -2.28. The van der Waals surface area contributed by atoms with Crippen molar-refractivity contribution >= 4 is 17.8 Å². The van der Waals surface area contributed by atoms with Crippen LogP contribution in [0.3, 0.4) is 0 Å². The molecule has 208 valence electrons. The zero-order valence-electron chi connectivity index (χ0n) is 22.8. The van der Waals surface area contributed by atoms with Gasteiger partial charge in [-0.05, 0) is 38.1 Å². The molecule has 0 aliphatic heterocycles. The van der Waals surface area contributed by atoms with E-state index in [0.29, 0.717) is 32.2 Å². The molecule has 9 nitrogen and oxygen atoms in total. The summed E-state index contributed by atoms with van der Waals surface area (Å²) in [5, 5.41) is 18.2. The molecule has 0 saturated carbocycles. The Morgan fingerprint density at radius 2 is 1.28 bits per heavy atom. The summed E-state index contributed by atoms with van der Waals surface area (Å²) in [6, 6.07) is -1.10. The van der Waals surface area contributed by atoms with Crippen LogP contribution in [-0.4, -0.2) is 41.5 Å². The van der Waals surface area contributed by atoms with Gasteiger partial charge in [-0.2, -0.15) is 0 Å². The monoisotopic (exact) mass is 509 g/mol. The zero-order valence-corrected chi connectivity index (χ0v) is 22.8. The summed E-state index contributed by atoms with van der Waals surface area (Å²) >= 11 is 0. The van der Waals surface area contributed by atoms with E-state index >= 15 is 0 Å². The van der Waals surface area contributed by atoms with Gasteiger partial charge in [0, 0.05) is 30.3 Å². The van der Waals surface area contributed by atoms with Gasteiger partial charge in [-0.15, -0.1) is 0 Å². The molecule has 0 aromatic heterocycles. The molecule has 9 heteroatoms. The normalized spacial score (nSPS) is 12.4. The second-order valence-corrected chi connectivity index (χ2v) is 9.91. The average Bonchev–Trinajstić information content (AvgIpc) is 2.84. The summed E-state index contributed by atoms with van der Waals surface area (Å²) in [5.41, 5.74) is 8.25. The van der Waals surface area contributed by atoms with E-state index in [9.17, 15) is 19.5 Å². The van der Waals surface area contributed by atoms with Crippen molar-refractivity contribution in [3.05, 3.63) is 10.4 Å². The van der Waals surface area contributed by atoms with Crippen molar-refractivity contribution in [1.29, 1.82) is 0 Å². The molecule has 1 unspecified atom stereocenters. The van der Waals surface area contributed by atoms with Gasteiger partial charge in [-0.25, -0.2) is 4.79 Å². The maximum Gasteiger partial charge on any atom is 0.326 e. The number of azide groups is 1. The highest BCUT2D eigenvalue weighted by atomic mass is 16.4. The summed E-state index contributed by atoms with van der Waals surface area (Å²) in [7, 11) is 0. The Bertz CT molecular complexity index is 638. The Labute approximate surface area is 218 Å². The molecular weight excluding hydrogens is 458 g/mol. The fourth-order valence-electron chi connectivity index (χ4n) is 4.17. The van der Waals surface area contributed by atoms with E-state index in [1.807, 2.05) is 6.92 Å². The number of carbonyl (C=O) groups is 3. The van der Waals surface area contributed by atoms with Gasteiger partial charge in [-0.1, -0.05) is 95.5 Å². The van der Waals surface area contributed by atoms with Gasteiger partial charge in [0.15, 0.2) is 0 Å². The summed E-state index contributed by atoms with van der Waals surface area (Å²) in [5.74, 6) is -1.41. The lowest BCUT2D eigenvalue weighted by molar-refractivity contribution is -0.142. The van der Waals surface area contributed by atoms with E-state index in [1.54, 1.807) is 0 Å². The predicted molar refractivity (Wildman–Crippen MR) is 145 cm³/mol. The number of hydrogen-bond acceptors (Lipinski definition) is 4. The van der Waals surface area contributed by atoms with E-state index in [0.717, 1.165) is 12.8 Å². The van der Waals surface area contributed by atoms with Gasteiger partial charge in [0.05, 0.1) is 0 Å². The number of nitrogens with zero attached hydrogens (tertiary/aromatic N) is 3. The van der Waals surface area contributed by atoms with Crippen LogP contribution in [0.4, 0.5) is 0 Å². The molecule has 2 amide bonds. The van der Waals surface area contributed by atoms with E-state index in [1.165, 1.54) is 70.6 Å². The number of amides is 2. The molecule has 0 radical (unpaired) electrons. The Morgan fingerprint density at radius 1 is 0.750 bits per heavy atom. The van der Waals surface area contributed by atoms with Crippen LogP contribution in [0, 0.1) is 0 Å². The molecular formula is C27H51N5O4. The number of carboxylic acids is 1. The maximum atomic E-state index is 12.1. The van der Waals surface area contributed by atoms with Gasteiger partial charge in [0.1, 0.15) is 6.04 Å². The minimum atomic E-state index is -1.08. The number of nitrogens with one attached hydrogen (secondary N) is 2. The first-order valence-electron chi connectivity index (χ1n) is 14.2. The van der Waals surface area contributed by atoms with Crippen molar-refractivity contribution in [3.63, 3.8) is 0 Å². The first-order chi connectivity index (χ1) is 17.4. The van der Waals surface area contributed by atoms with Gasteiger partial charge < -0.3 is 15.7 Å². The van der Waals surface area contributed by atoms with Gasteiger partial charge >= 0.3 is 5.97 Å². The minimum absolute atomic E-state index is 0.00872. The van der Waals surface area contributed by atoms with Gasteiger partial charge in [0.25, 0.3) is 0 Å². The maximum absolute atomic E-state index is 12.1. The van der Waals surface area contributed by atoms with Crippen LogP contribution >= 0.6 is 0 Å². The molecule has 0 heterocycles. The molecule has 0 bridgehead atoms. The van der Waals surface area contributed by atoms with Crippen molar-refractivity contribution in [2.75, 3.05) is 6.54 Å². The lowest BCUT2D eigenvalue weighted by atomic mass is 10.0. The number of aliphatic carboxylic acids is 1.